The molecule has 2 heterocycles. The van der Waals surface area contributed by atoms with Gasteiger partial charge in [-0.15, -0.1) is 0 Å². The van der Waals surface area contributed by atoms with Crippen molar-refractivity contribution in [2.45, 2.75) is 39.0 Å². The Hall–Kier alpha value is -1.04. The van der Waals surface area contributed by atoms with Gasteiger partial charge in [0.2, 0.25) is 5.82 Å². The van der Waals surface area contributed by atoms with Gasteiger partial charge in [0.05, 0.1) is 5.69 Å². The molecule has 1 N–H and O–H groups in total. The van der Waals surface area contributed by atoms with Gasteiger partial charge in [0.1, 0.15) is 0 Å². The number of rotatable bonds is 1. The van der Waals surface area contributed by atoms with Gasteiger partial charge in [-0.3, -0.25) is 0 Å². The normalized spacial score (nSPS) is 16.6. The second kappa shape index (κ2) is 3.76. The molecule has 0 bridgehead atoms. The van der Waals surface area contributed by atoms with Gasteiger partial charge in [0.25, 0.3) is 0 Å². The fraction of sp³-hybridized carbons (Fsp3) is 0.700. The van der Waals surface area contributed by atoms with E-state index in [1.807, 2.05) is 0 Å². The molecule has 0 aliphatic carbocycles. The molecule has 2 rings (SSSR count). The number of imidazole rings is 1. The first-order chi connectivity index (χ1) is 7.41. The molecule has 0 saturated heterocycles. The third-order valence-electron chi connectivity index (χ3n) is 2.69. The van der Waals surface area contributed by atoms with E-state index in [1.165, 1.54) is 4.57 Å². The van der Waals surface area contributed by atoms with Gasteiger partial charge in [0, 0.05) is 31.2 Å². The zero-order chi connectivity index (χ0) is 11.9. The Labute approximate surface area is 91.7 Å². The summed E-state index contributed by atoms with van der Waals surface area (Å²) in [5.41, 5.74) is 1.26. The highest BCUT2D eigenvalue weighted by molar-refractivity contribution is 5.22. The van der Waals surface area contributed by atoms with Crippen LogP contribution in [0.5, 0.6) is 0 Å². The summed E-state index contributed by atoms with van der Waals surface area (Å²) < 4.78 is 39.7. The van der Waals surface area contributed by atoms with Crippen LogP contribution in [0.2, 0.25) is 0 Å². The molecule has 1 aliphatic rings. The lowest BCUT2D eigenvalue weighted by Gasteiger charge is -2.19. The predicted molar refractivity (Wildman–Crippen MR) is 53.0 cm³/mol. The highest BCUT2D eigenvalue weighted by Crippen LogP contribution is 2.33. The third kappa shape index (κ3) is 1.81. The highest BCUT2D eigenvalue weighted by Gasteiger charge is 2.39. The summed E-state index contributed by atoms with van der Waals surface area (Å²) in [6, 6.07) is -0.217. The fourth-order valence-corrected chi connectivity index (χ4v) is 2.09. The summed E-state index contributed by atoms with van der Waals surface area (Å²) >= 11 is 0. The first kappa shape index (κ1) is 11.4. The highest BCUT2D eigenvalue weighted by atomic mass is 19.4. The summed E-state index contributed by atoms with van der Waals surface area (Å²) in [5.74, 6) is -0.767. The SMILES string of the molecule is CC(C)n1c(C(F)(F)F)nc2c1CCNC2. The maximum atomic E-state index is 12.8. The molecule has 1 aromatic heterocycles. The van der Waals surface area contributed by atoms with Crippen molar-refractivity contribution in [3.63, 3.8) is 0 Å². The van der Waals surface area contributed by atoms with E-state index in [4.69, 9.17) is 0 Å². The fourth-order valence-electron chi connectivity index (χ4n) is 2.09. The van der Waals surface area contributed by atoms with Crippen molar-refractivity contribution in [1.29, 1.82) is 0 Å². The van der Waals surface area contributed by atoms with Gasteiger partial charge in [-0.25, -0.2) is 4.98 Å². The number of alkyl halides is 3. The minimum absolute atomic E-state index is 0.217. The topological polar surface area (TPSA) is 29.9 Å². The molecule has 1 aromatic rings. The van der Waals surface area contributed by atoms with Crippen LogP contribution in [0.15, 0.2) is 0 Å². The zero-order valence-electron chi connectivity index (χ0n) is 9.23. The number of hydrogen-bond donors (Lipinski definition) is 1. The summed E-state index contributed by atoms with van der Waals surface area (Å²) in [6.45, 7) is 4.64. The molecule has 3 nitrogen and oxygen atoms in total. The lowest BCUT2D eigenvalue weighted by molar-refractivity contribution is -0.147. The quantitative estimate of drug-likeness (QED) is 0.805. The molecule has 0 fully saturated rings. The second-order valence-corrected chi connectivity index (χ2v) is 4.22. The van der Waals surface area contributed by atoms with Crippen LogP contribution in [0.25, 0.3) is 0 Å². The molecule has 16 heavy (non-hydrogen) atoms. The Kier molecular flexibility index (Phi) is 2.69. The molecule has 1 aliphatic heterocycles. The van der Waals surface area contributed by atoms with Gasteiger partial charge in [-0.05, 0) is 13.8 Å². The second-order valence-electron chi connectivity index (χ2n) is 4.22. The van der Waals surface area contributed by atoms with E-state index in [0.717, 1.165) is 5.69 Å². The Balaban J connectivity index is 2.56. The van der Waals surface area contributed by atoms with E-state index in [2.05, 4.69) is 10.3 Å². The van der Waals surface area contributed by atoms with Crippen molar-refractivity contribution < 1.29 is 13.2 Å². The van der Waals surface area contributed by atoms with Gasteiger partial charge >= 0.3 is 6.18 Å². The van der Waals surface area contributed by atoms with Crippen molar-refractivity contribution >= 4 is 0 Å². The molecule has 6 heteroatoms. The molecule has 90 valence electrons. The van der Waals surface area contributed by atoms with Crippen LogP contribution in [-0.2, 0) is 19.1 Å². The monoisotopic (exact) mass is 233 g/mol. The number of halogens is 3. The molecule has 0 radical (unpaired) electrons. The Morgan fingerprint density at radius 2 is 2.06 bits per heavy atom. The number of hydrogen-bond acceptors (Lipinski definition) is 2. The molecular weight excluding hydrogens is 219 g/mol. The summed E-state index contributed by atoms with van der Waals surface area (Å²) in [5, 5.41) is 3.03. The largest absolute Gasteiger partial charge is 0.449 e. The number of nitrogens with zero attached hydrogens (tertiary/aromatic N) is 2. The molecular formula is C10H14F3N3. The standard InChI is InChI=1S/C10H14F3N3/c1-6(2)16-8-3-4-14-5-7(8)15-9(16)10(11,12)13/h6,14H,3-5H2,1-2H3. The molecule has 0 saturated carbocycles. The van der Waals surface area contributed by atoms with E-state index in [0.29, 0.717) is 25.2 Å². The number of fused-ring (bicyclic) bond motifs is 1. The first-order valence-corrected chi connectivity index (χ1v) is 5.29. The third-order valence-corrected chi connectivity index (χ3v) is 2.69. The maximum Gasteiger partial charge on any atom is 0.449 e. The summed E-state index contributed by atoms with van der Waals surface area (Å²) in [7, 11) is 0. The Morgan fingerprint density at radius 3 is 2.62 bits per heavy atom. The number of nitrogens with one attached hydrogen (secondary N) is 1. The van der Waals surface area contributed by atoms with Crippen LogP contribution in [0, 0.1) is 0 Å². The van der Waals surface area contributed by atoms with Crippen molar-refractivity contribution in [2.24, 2.45) is 0 Å². The van der Waals surface area contributed by atoms with Gasteiger partial charge in [0.15, 0.2) is 0 Å². The minimum atomic E-state index is -4.37. The van der Waals surface area contributed by atoms with Crippen molar-refractivity contribution in [3.05, 3.63) is 17.2 Å². The lowest BCUT2D eigenvalue weighted by atomic mass is 10.1. The molecule has 0 aromatic carbocycles. The minimum Gasteiger partial charge on any atom is -0.322 e. The van der Waals surface area contributed by atoms with E-state index in [9.17, 15) is 13.2 Å². The predicted octanol–water partition coefficient (Wildman–Crippen LogP) is 2.13. The maximum absolute atomic E-state index is 12.8. The van der Waals surface area contributed by atoms with Crippen LogP contribution in [0.1, 0.15) is 37.1 Å². The van der Waals surface area contributed by atoms with Crippen molar-refractivity contribution in [3.8, 4) is 0 Å². The smallest absolute Gasteiger partial charge is 0.322 e. The summed E-state index contributed by atoms with van der Waals surface area (Å²) in [6.07, 6.45) is -3.77. The van der Waals surface area contributed by atoms with E-state index < -0.39 is 12.0 Å². The van der Waals surface area contributed by atoms with Crippen LogP contribution in [0.3, 0.4) is 0 Å². The van der Waals surface area contributed by atoms with Crippen LogP contribution >= 0.6 is 0 Å². The molecule has 0 amide bonds. The first-order valence-electron chi connectivity index (χ1n) is 5.29. The van der Waals surface area contributed by atoms with Crippen molar-refractivity contribution in [1.82, 2.24) is 14.9 Å². The van der Waals surface area contributed by atoms with Gasteiger partial charge < -0.3 is 9.88 Å². The van der Waals surface area contributed by atoms with E-state index >= 15 is 0 Å². The lowest BCUT2D eigenvalue weighted by Crippen LogP contribution is -2.25. The Morgan fingerprint density at radius 1 is 1.38 bits per heavy atom. The zero-order valence-corrected chi connectivity index (χ0v) is 9.23. The molecule has 0 spiro atoms. The van der Waals surface area contributed by atoms with Gasteiger partial charge in [-0.2, -0.15) is 13.2 Å². The molecule has 0 unspecified atom stereocenters. The number of aromatic nitrogens is 2. The van der Waals surface area contributed by atoms with Crippen LogP contribution < -0.4 is 5.32 Å². The van der Waals surface area contributed by atoms with Crippen LogP contribution in [-0.4, -0.2) is 16.1 Å². The average Bonchev–Trinajstić information content (AvgIpc) is 2.55. The summed E-state index contributed by atoms with van der Waals surface area (Å²) in [4.78, 5) is 3.72. The van der Waals surface area contributed by atoms with Crippen molar-refractivity contribution in [2.75, 3.05) is 6.54 Å². The van der Waals surface area contributed by atoms with Gasteiger partial charge in [-0.1, -0.05) is 0 Å². The molecule has 0 atom stereocenters. The van der Waals surface area contributed by atoms with Crippen LogP contribution in [0.4, 0.5) is 13.2 Å². The van der Waals surface area contributed by atoms with E-state index in [-0.39, 0.29) is 6.04 Å². The van der Waals surface area contributed by atoms with E-state index in [1.54, 1.807) is 13.8 Å². The Bertz CT molecular complexity index is 393. The average molecular weight is 233 g/mol.